The van der Waals surface area contributed by atoms with E-state index < -0.39 is 0 Å². The lowest BCUT2D eigenvalue weighted by molar-refractivity contribution is 0.414. The molecule has 1 aromatic carbocycles. The summed E-state index contributed by atoms with van der Waals surface area (Å²) in [5, 5.41) is 0. The summed E-state index contributed by atoms with van der Waals surface area (Å²) < 4.78 is 5.03. The molecule has 1 atom stereocenters. The van der Waals surface area contributed by atoms with Gasteiger partial charge in [0.25, 0.3) is 0 Å². The minimum Gasteiger partial charge on any atom is -0.497 e. The molecule has 0 fully saturated rings. The molecule has 0 heterocycles. The van der Waals surface area contributed by atoms with Gasteiger partial charge in [-0.1, -0.05) is 28.1 Å². The highest BCUT2D eigenvalue weighted by Gasteiger charge is 2.00. The quantitative estimate of drug-likeness (QED) is 0.606. The fourth-order valence-electron chi connectivity index (χ4n) is 0.813. The first-order valence-corrected chi connectivity index (χ1v) is 4.19. The van der Waals surface area contributed by atoms with E-state index in [9.17, 15) is 0 Å². The topological polar surface area (TPSA) is 35.2 Å². The number of alkyl halides is 1. The summed E-state index contributed by atoms with van der Waals surface area (Å²) >= 11 is 3.27. The number of halogens is 1. The fraction of sp³-hybridized carbons (Fsp3) is 0.250. The van der Waals surface area contributed by atoms with Gasteiger partial charge < -0.3 is 10.5 Å². The van der Waals surface area contributed by atoms with E-state index in [2.05, 4.69) is 15.9 Å². The Kier molecular flexibility index (Phi) is 2.91. The first-order valence-electron chi connectivity index (χ1n) is 3.27. The Morgan fingerprint density at radius 3 is 2.82 bits per heavy atom. The van der Waals surface area contributed by atoms with E-state index in [1.807, 2.05) is 24.3 Å². The van der Waals surface area contributed by atoms with Crippen LogP contribution in [0.4, 0.5) is 0 Å². The Balaban J connectivity index is 2.91. The molecule has 0 saturated heterocycles. The van der Waals surface area contributed by atoms with Gasteiger partial charge in [-0.2, -0.15) is 0 Å². The first kappa shape index (κ1) is 8.56. The first-order chi connectivity index (χ1) is 5.24. The molecule has 1 rings (SSSR count). The van der Waals surface area contributed by atoms with E-state index in [1.54, 1.807) is 7.11 Å². The SMILES string of the molecule is COc1cccc(C(N)Br)c1. The molecule has 0 spiro atoms. The second-order valence-electron chi connectivity index (χ2n) is 2.18. The lowest BCUT2D eigenvalue weighted by Gasteiger charge is -2.05. The number of hydrogen-bond acceptors (Lipinski definition) is 2. The van der Waals surface area contributed by atoms with Crippen molar-refractivity contribution in [1.82, 2.24) is 0 Å². The number of rotatable bonds is 2. The average molecular weight is 216 g/mol. The molecule has 0 aliphatic heterocycles. The standard InChI is InChI=1S/C8H10BrNO/c1-11-7-4-2-3-6(5-7)8(9)10/h2-5,8H,10H2,1H3. The van der Waals surface area contributed by atoms with Crippen LogP contribution in [0.25, 0.3) is 0 Å². The van der Waals surface area contributed by atoms with E-state index in [4.69, 9.17) is 10.5 Å². The molecule has 11 heavy (non-hydrogen) atoms. The maximum atomic E-state index is 5.60. The van der Waals surface area contributed by atoms with E-state index in [1.165, 1.54) is 0 Å². The lowest BCUT2D eigenvalue weighted by atomic mass is 10.2. The molecule has 2 N–H and O–H groups in total. The zero-order valence-electron chi connectivity index (χ0n) is 6.25. The molecular weight excluding hydrogens is 206 g/mol. The Labute approximate surface area is 74.5 Å². The maximum Gasteiger partial charge on any atom is 0.119 e. The molecule has 0 aliphatic rings. The molecule has 1 unspecified atom stereocenters. The van der Waals surface area contributed by atoms with Crippen molar-refractivity contribution in [3.8, 4) is 5.75 Å². The van der Waals surface area contributed by atoms with Crippen molar-refractivity contribution in [1.29, 1.82) is 0 Å². The van der Waals surface area contributed by atoms with Gasteiger partial charge in [0.1, 0.15) is 5.75 Å². The minimum absolute atomic E-state index is 0.113. The number of ether oxygens (including phenoxy) is 1. The molecule has 60 valence electrons. The second-order valence-corrected chi connectivity index (χ2v) is 3.16. The predicted octanol–water partition coefficient (Wildman–Crippen LogP) is 2.05. The van der Waals surface area contributed by atoms with Crippen LogP contribution in [-0.2, 0) is 0 Å². The normalized spacial score (nSPS) is 12.6. The van der Waals surface area contributed by atoms with E-state index in [-0.39, 0.29) is 4.95 Å². The third-order valence-corrected chi connectivity index (χ3v) is 1.94. The molecule has 0 amide bonds. The van der Waals surface area contributed by atoms with Crippen molar-refractivity contribution in [2.45, 2.75) is 4.95 Å². The van der Waals surface area contributed by atoms with Crippen molar-refractivity contribution in [2.24, 2.45) is 5.73 Å². The highest BCUT2D eigenvalue weighted by Crippen LogP contribution is 2.20. The van der Waals surface area contributed by atoms with Gasteiger partial charge in [0, 0.05) is 0 Å². The summed E-state index contributed by atoms with van der Waals surface area (Å²) in [4.78, 5) is -0.113. The van der Waals surface area contributed by atoms with Gasteiger partial charge in [-0.3, -0.25) is 0 Å². The Hall–Kier alpha value is -0.540. The van der Waals surface area contributed by atoms with E-state index in [0.29, 0.717) is 0 Å². The Morgan fingerprint density at radius 2 is 2.27 bits per heavy atom. The van der Waals surface area contributed by atoms with Crippen LogP contribution in [0.3, 0.4) is 0 Å². The van der Waals surface area contributed by atoms with Crippen LogP contribution >= 0.6 is 15.9 Å². The Bertz CT molecular complexity index is 237. The minimum atomic E-state index is -0.113. The largest absolute Gasteiger partial charge is 0.497 e. The zero-order chi connectivity index (χ0) is 8.27. The fourth-order valence-corrected chi connectivity index (χ4v) is 1.10. The molecule has 1 aromatic rings. The number of nitrogens with two attached hydrogens (primary N) is 1. The number of methoxy groups -OCH3 is 1. The summed E-state index contributed by atoms with van der Waals surface area (Å²) in [6.07, 6.45) is 0. The van der Waals surface area contributed by atoms with Gasteiger partial charge >= 0.3 is 0 Å². The van der Waals surface area contributed by atoms with Gasteiger partial charge in [-0.05, 0) is 17.7 Å². The van der Waals surface area contributed by atoms with Gasteiger partial charge in [0.05, 0.1) is 12.1 Å². The van der Waals surface area contributed by atoms with Crippen LogP contribution in [0, 0.1) is 0 Å². The van der Waals surface area contributed by atoms with E-state index in [0.717, 1.165) is 11.3 Å². The van der Waals surface area contributed by atoms with Crippen molar-refractivity contribution in [2.75, 3.05) is 7.11 Å². The van der Waals surface area contributed by atoms with Crippen LogP contribution in [0.5, 0.6) is 5.75 Å². The van der Waals surface area contributed by atoms with Crippen molar-refractivity contribution < 1.29 is 4.74 Å². The Morgan fingerprint density at radius 1 is 1.55 bits per heavy atom. The predicted molar refractivity (Wildman–Crippen MR) is 48.8 cm³/mol. The van der Waals surface area contributed by atoms with Gasteiger partial charge in [0.15, 0.2) is 0 Å². The van der Waals surface area contributed by atoms with Crippen LogP contribution in [0.1, 0.15) is 10.5 Å². The third-order valence-electron chi connectivity index (χ3n) is 1.41. The lowest BCUT2D eigenvalue weighted by Crippen LogP contribution is -2.00. The third kappa shape index (κ3) is 2.20. The molecule has 0 saturated carbocycles. The monoisotopic (exact) mass is 215 g/mol. The summed E-state index contributed by atoms with van der Waals surface area (Å²) in [6, 6.07) is 7.65. The highest BCUT2D eigenvalue weighted by molar-refractivity contribution is 9.09. The zero-order valence-corrected chi connectivity index (χ0v) is 7.84. The molecular formula is C8H10BrNO. The van der Waals surface area contributed by atoms with E-state index >= 15 is 0 Å². The second kappa shape index (κ2) is 3.74. The van der Waals surface area contributed by atoms with Gasteiger partial charge in [-0.25, -0.2) is 0 Å². The van der Waals surface area contributed by atoms with Crippen LogP contribution in [0.2, 0.25) is 0 Å². The number of benzene rings is 1. The van der Waals surface area contributed by atoms with Crippen molar-refractivity contribution in [3.05, 3.63) is 29.8 Å². The molecule has 2 nitrogen and oxygen atoms in total. The van der Waals surface area contributed by atoms with Crippen LogP contribution < -0.4 is 10.5 Å². The van der Waals surface area contributed by atoms with Crippen molar-refractivity contribution >= 4 is 15.9 Å². The van der Waals surface area contributed by atoms with Gasteiger partial charge in [0.2, 0.25) is 0 Å². The maximum absolute atomic E-state index is 5.60. The molecule has 0 aliphatic carbocycles. The van der Waals surface area contributed by atoms with Crippen LogP contribution in [-0.4, -0.2) is 7.11 Å². The summed E-state index contributed by atoms with van der Waals surface area (Å²) in [7, 11) is 1.64. The summed E-state index contributed by atoms with van der Waals surface area (Å²) in [5.74, 6) is 0.831. The number of hydrogen-bond donors (Lipinski definition) is 1. The molecule has 0 aromatic heterocycles. The average Bonchev–Trinajstić information content (AvgIpc) is 2.05. The summed E-state index contributed by atoms with van der Waals surface area (Å²) in [5.41, 5.74) is 6.62. The summed E-state index contributed by atoms with van der Waals surface area (Å²) in [6.45, 7) is 0. The molecule has 0 bridgehead atoms. The highest BCUT2D eigenvalue weighted by atomic mass is 79.9. The molecule has 3 heteroatoms. The van der Waals surface area contributed by atoms with Crippen molar-refractivity contribution in [3.63, 3.8) is 0 Å². The smallest absolute Gasteiger partial charge is 0.119 e. The van der Waals surface area contributed by atoms with Crippen LogP contribution in [0.15, 0.2) is 24.3 Å². The van der Waals surface area contributed by atoms with Gasteiger partial charge in [-0.15, -0.1) is 0 Å². The molecule has 0 radical (unpaired) electrons.